The lowest BCUT2D eigenvalue weighted by Gasteiger charge is -2.28. The van der Waals surface area contributed by atoms with Gasteiger partial charge in [0.2, 0.25) is 0 Å². The van der Waals surface area contributed by atoms with Gasteiger partial charge in [0.1, 0.15) is 11.3 Å². The minimum Gasteiger partial charge on any atom is -0.494 e. The summed E-state index contributed by atoms with van der Waals surface area (Å²) in [4.78, 5) is 14.9. The summed E-state index contributed by atoms with van der Waals surface area (Å²) in [5.74, 6) is 1.56. The molecule has 1 aromatic carbocycles. The molecule has 7 heteroatoms. The predicted octanol–water partition coefficient (Wildman–Crippen LogP) is 4.49. The van der Waals surface area contributed by atoms with Crippen LogP contribution in [0.3, 0.4) is 0 Å². The Balaban J connectivity index is 0.00000196. The number of aryl methyl sites for hydroxylation is 1. The highest BCUT2D eigenvalue weighted by atomic mass is 35.5. The number of anilines is 1. The fourth-order valence-corrected chi connectivity index (χ4v) is 3.43. The smallest absolute Gasteiger partial charge is 0.165 e. The fourth-order valence-electron chi connectivity index (χ4n) is 3.43. The Kier molecular flexibility index (Phi) is 5.32. The first-order chi connectivity index (χ1) is 12.2. The topological polar surface area (TPSA) is 54.0 Å². The van der Waals surface area contributed by atoms with E-state index in [1.54, 1.807) is 6.07 Å². The number of hydrogen-bond donors (Lipinski definition) is 1. The highest BCUT2D eigenvalue weighted by Crippen LogP contribution is 2.31. The summed E-state index contributed by atoms with van der Waals surface area (Å²) < 4.78 is 19.0. The molecule has 3 aromatic rings. The number of H-pyrrole nitrogens is 1. The maximum absolute atomic E-state index is 14.1. The van der Waals surface area contributed by atoms with Gasteiger partial charge in [0.05, 0.1) is 12.6 Å². The molecule has 0 amide bonds. The van der Waals surface area contributed by atoms with E-state index in [0.29, 0.717) is 0 Å². The first-order valence-electron chi connectivity index (χ1n) is 8.62. The Morgan fingerprint density at radius 3 is 2.58 bits per heavy atom. The molecule has 2 aromatic heterocycles. The average Bonchev–Trinajstić information content (AvgIpc) is 3.05. The zero-order valence-electron chi connectivity index (χ0n) is 14.9. The van der Waals surface area contributed by atoms with Crippen LogP contribution < -0.4 is 9.64 Å². The predicted molar refractivity (Wildman–Crippen MR) is 104 cm³/mol. The second-order valence-corrected chi connectivity index (χ2v) is 6.43. The van der Waals surface area contributed by atoms with Crippen molar-refractivity contribution in [3.63, 3.8) is 0 Å². The van der Waals surface area contributed by atoms with Crippen LogP contribution in [0.25, 0.3) is 22.3 Å². The van der Waals surface area contributed by atoms with Crippen molar-refractivity contribution in [2.45, 2.75) is 26.2 Å². The van der Waals surface area contributed by atoms with Crippen molar-refractivity contribution in [2.24, 2.45) is 0 Å². The van der Waals surface area contributed by atoms with Gasteiger partial charge in [-0.2, -0.15) is 0 Å². The number of methoxy groups -OCH3 is 1. The van der Waals surface area contributed by atoms with Gasteiger partial charge in [0.25, 0.3) is 0 Å². The monoisotopic (exact) mass is 376 g/mol. The van der Waals surface area contributed by atoms with E-state index in [9.17, 15) is 4.39 Å². The van der Waals surface area contributed by atoms with Crippen molar-refractivity contribution in [2.75, 3.05) is 25.1 Å². The van der Waals surface area contributed by atoms with Gasteiger partial charge in [0.15, 0.2) is 17.4 Å². The van der Waals surface area contributed by atoms with Gasteiger partial charge in [-0.15, -0.1) is 12.4 Å². The molecule has 1 aliphatic rings. The summed E-state index contributed by atoms with van der Waals surface area (Å²) >= 11 is 0. The van der Waals surface area contributed by atoms with Crippen molar-refractivity contribution in [1.82, 2.24) is 15.0 Å². The van der Waals surface area contributed by atoms with Crippen LogP contribution in [0.1, 0.15) is 25.1 Å². The molecule has 138 valence electrons. The molecule has 1 N–H and O–H groups in total. The number of nitrogens with zero attached hydrogens (tertiary/aromatic N) is 3. The second kappa shape index (κ2) is 7.50. The van der Waals surface area contributed by atoms with E-state index >= 15 is 0 Å². The van der Waals surface area contributed by atoms with E-state index < -0.39 is 0 Å². The number of aromatic amines is 1. The summed E-state index contributed by atoms with van der Waals surface area (Å²) in [7, 11) is 1.46. The molecule has 1 fully saturated rings. The zero-order chi connectivity index (χ0) is 17.4. The number of rotatable bonds is 3. The van der Waals surface area contributed by atoms with Crippen LogP contribution in [0.4, 0.5) is 10.2 Å². The highest BCUT2D eigenvalue weighted by Gasteiger charge is 2.18. The molecule has 0 spiro atoms. The number of halogens is 2. The summed E-state index contributed by atoms with van der Waals surface area (Å²) in [6.07, 6.45) is 3.63. The van der Waals surface area contributed by atoms with Crippen molar-refractivity contribution in [3.05, 3.63) is 35.9 Å². The molecular weight excluding hydrogens is 355 g/mol. The Hall–Kier alpha value is -2.34. The lowest BCUT2D eigenvalue weighted by molar-refractivity contribution is 0.386. The molecule has 0 atom stereocenters. The van der Waals surface area contributed by atoms with E-state index in [1.807, 2.05) is 19.1 Å². The van der Waals surface area contributed by atoms with Crippen molar-refractivity contribution >= 4 is 29.3 Å². The third-order valence-corrected chi connectivity index (χ3v) is 4.69. The van der Waals surface area contributed by atoms with Crippen molar-refractivity contribution in [3.8, 4) is 17.0 Å². The normalized spacial score (nSPS) is 14.3. The Morgan fingerprint density at radius 2 is 1.88 bits per heavy atom. The lowest BCUT2D eigenvalue weighted by Crippen LogP contribution is -2.30. The van der Waals surface area contributed by atoms with Crippen LogP contribution >= 0.6 is 12.4 Å². The molecule has 4 rings (SSSR count). The molecule has 0 bridgehead atoms. The van der Waals surface area contributed by atoms with Crippen LogP contribution in [-0.4, -0.2) is 35.2 Å². The van der Waals surface area contributed by atoms with Gasteiger partial charge >= 0.3 is 0 Å². The Morgan fingerprint density at radius 1 is 1.12 bits per heavy atom. The molecule has 1 aliphatic heterocycles. The van der Waals surface area contributed by atoms with Gasteiger partial charge in [0, 0.05) is 24.3 Å². The van der Waals surface area contributed by atoms with Gasteiger partial charge < -0.3 is 14.6 Å². The van der Waals surface area contributed by atoms with Crippen LogP contribution in [0, 0.1) is 12.7 Å². The third kappa shape index (κ3) is 3.33. The number of ether oxygens (including phenoxy) is 1. The van der Waals surface area contributed by atoms with E-state index in [4.69, 9.17) is 4.74 Å². The molecule has 26 heavy (non-hydrogen) atoms. The molecular formula is C19H22ClFN4O. The molecule has 0 unspecified atom stereocenters. The van der Waals surface area contributed by atoms with E-state index in [2.05, 4.69) is 19.9 Å². The number of piperidine rings is 1. The number of nitrogens with one attached hydrogen (secondary N) is 1. The van der Waals surface area contributed by atoms with Crippen LogP contribution in [0.5, 0.6) is 5.75 Å². The molecule has 0 radical (unpaired) electrons. The van der Waals surface area contributed by atoms with Gasteiger partial charge in [-0.05, 0) is 50.5 Å². The minimum absolute atomic E-state index is 0. The second-order valence-electron chi connectivity index (χ2n) is 6.43. The van der Waals surface area contributed by atoms with Crippen LogP contribution in [0.15, 0.2) is 24.3 Å². The minimum atomic E-state index is -0.378. The van der Waals surface area contributed by atoms with E-state index in [1.165, 1.54) is 32.4 Å². The third-order valence-electron chi connectivity index (χ3n) is 4.69. The maximum Gasteiger partial charge on any atom is 0.165 e. The fraction of sp³-hybridized carbons (Fsp3) is 0.368. The number of hydrogen-bond acceptors (Lipinski definition) is 4. The lowest BCUT2D eigenvalue weighted by atomic mass is 10.1. The molecule has 1 saturated heterocycles. The molecule has 0 saturated carbocycles. The summed E-state index contributed by atoms with van der Waals surface area (Å²) in [6.45, 7) is 3.93. The largest absolute Gasteiger partial charge is 0.494 e. The molecule has 3 heterocycles. The highest BCUT2D eigenvalue weighted by molar-refractivity contribution is 5.91. The molecule has 0 aliphatic carbocycles. The number of benzene rings is 1. The first kappa shape index (κ1) is 18.5. The number of fused-ring (bicyclic) bond motifs is 1. The van der Waals surface area contributed by atoms with Crippen LogP contribution in [0.2, 0.25) is 0 Å². The van der Waals surface area contributed by atoms with Gasteiger partial charge in [-0.1, -0.05) is 0 Å². The summed E-state index contributed by atoms with van der Waals surface area (Å²) in [6, 6.07) is 6.91. The van der Waals surface area contributed by atoms with Gasteiger partial charge in [-0.3, -0.25) is 0 Å². The Labute approximate surface area is 158 Å². The van der Waals surface area contributed by atoms with E-state index in [0.717, 1.165) is 47.0 Å². The zero-order valence-corrected chi connectivity index (χ0v) is 15.7. The quantitative estimate of drug-likeness (QED) is 0.731. The van der Waals surface area contributed by atoms with Crippen molar-refractivity contribution in [1.29, 1.82) is 0 Å². The van der Waals surface area contributed by atoms with Gasteiger partial charge in [-0.25, -0.2) is 14.4 Å². The summed E-state index contributed by atoms with van der Waals surface area (Å²) in [5, 5.41) is 0. The average molecular weight is 377 g/mol. The van der Waals surface area contributed by atoms with Crippen LogP contribution in [-0.2, 0) is 0 Å². The van der Waals surface area contributed by atoms with E-state index in [-0.39, 0.29) is 24.0 Å². The SMILES string of the molecule is COc1ccc(-c2cc3nc(C)nc(N4CCCCC4)c3[nH]2)cc1F.Cl. The first-order valence-corrected chi connectivity index (χ1v) is 8.62. The van der Waals surface area contributed by atoms with Crippen molar-refractivity contribution < 1.29 is 9.13 Å². The molecule has 5 nitrogen and oxygen atoms in total. The summed E-state index contributed by atoms with van der Waals surface area (Å²) in [5.41, 5.74) is 3.37. The standard InChI is InChI=1S/C19H21FN4O.ClH/c1-12-21-16-11-15(13-6-7-17(25-2)14(20)10-13)23-18(16)19(22-12)24-8-4-3-5-9-24;/h6-7,10-11,23H,3-5,8-9H2,1-2H3;1H. The number of aromatic nitrogens is 3. The Bertz CT molecular complexity index is 921. The maximum atomic E-state index is 14.1.